The topological polar surface area (TPSA) is 52.4 Å². The summed E-state index contributed by atoms with van der Waals surface area (Å²) < 4.78 is 32.0. The number of nitrogens with zero attached hydrogens (tertiary/aromatic N) is 1. The summed E-state index contributed by atoms with van der Waals surface area (Å²) in [5.41, 5.74) is 0.280. The molecule has 7 heteroatoms. The van der Waals surface area contributed by atoms with Crippen LogP contribution >= 0.6 is 15.9 Å². The van der Waals surface area contributed by atoms with E-state index in [0.29, 0.717) is 5.56 Å². The van der Waals surface area contributed by atoms with E-state index in [9.17, 15) is 18.9 Å². The number of benzene rings is 2. The lowest BCUT2D eigenvalue weighted by Crippen LogP contribution is -2.02. The zero-order valence-corrected chi connectivity index (χ0v) is 11.6. The van der Waals surface area contributed by atoms with Crippen LogP contribution in [0.4, 0.5) is 14.5 Å². The highest BCUT2D eigenvalue weighted by Gasteiger charge is 2.16. The molecule has 0 heterocycles. The van der Waals surface area contributed by atoms with Gasteiger partial charge in [0.05, 0.1) is 4.92 Å². The first-order chi connectivity index (χ1) is 9.50. The normalized spacial score (nSPS) is 10.3. The molecule has 0 atom stereocenters. The van der Waals surface area contributed by atoms with E-state index in [1.54, 1.807) is 6.07 Å². The number of ether oxygens (including phenoxy) is 1. The number of rotatable bonds is 4. The third-order valence-corrected chi connectivity index (χ3v) is 3.46. The standard InChI is InChI=1S/C13H8BrF2NO3/c14-12-8(3-1-6-11(12)17(18)19)7-20-13-9(15)4-2-5-10(13)16/h1-6H,7H2. The quantitative estimate of drug-likeness (QED) is 0.617. The van der Waals surface area contributed by atoms with Crippen molar-refractivity contribution in [3.05, 3.63) is 68.2 Å². The first-order valence-corrected chi connectivity index (χ1v) is 6.28. The van der Waals surface area contributed by atoms with Crippen molar-refractivity contribution in [2.45, 2.75) is 6.61 Å². The fourth-order valence-corrected chi connectivity index (χ4v) is 2.11. The summed E-state index contributed by atoms with van der Waals surface area (Å²) in [4.78, 5) is 10.2. The number of nitro groups is 1. The van der Waals surface area contributed by atoms with Crippen molar-refractivity contribution in [3.8, 4) is 5.75 Å². The van der Waals surface area contributed by atoms with E-state index in [4.69, 9.17) is 4.74 Å². The Labute approximate surface area is 121 Å². The van der Waals surface area contributed by atoms with E-state index in [1.807, 2.05) is 0 Å². The molecule has 0 spiro atoms. The molecule has 2 rings (SSSR count). The van der Waals surface area contributed by atoms with Crippen LogP contribution in [-0.4, -0.2) is 4.92 Å². The molecule has 0 saturated carbocycles. The highest BCUT2D eigenvalue weighted by Crippen LogP contribution is 2.30. The van der Waals surface area contributed by atoms with Gasteiger partial charge in [0.2, 0.25) is 0 Å². The Morgan fingerprint density at radius 1 is 1.15 bits per heavy atom. The van der Waals surface area contributed by atoms with Crippen molar-refractivity contribution in [2.24, 2.45) is 0 Å². The predicted molar refractivity (Wildman–Crippen MR) is 71.5 cm³/mol. The van der Waals surface area contributed by atoms with Gasteiger partial charge in [0, 0.05) is 11.6 Å². The molecule has 2 aromatic carbocycles. The van der Waals surface area contributed by atoms with Crippen molar-refractivity contribution < 1.29 is 18.4 Å². The second-order valence-corrected chi connectivity index (χ2v) is 4.64. The van der Waals surface area contributed by atoms with Crippen molar-refractivity contribution in [3.63, 3.8) is 0 Å². The van der Waals surface area contributed by atoms with Gasteiger partial charge < -0.3 is 4.74 Å². The maximum Gasteiger partial charge on any atom is 0.283 e. The van der Waals surface area contributed by atoms with Crippen LogP contribution in [0.1, 0.15) is 5.56 Å². The smallest absolute Gasteiger partial charge is 0.283 e. The predicted octanol–water partition coefficient (Wildman–Crippen LogP) is 4.21. The zero-order chi connectivity index (χ0) is 14.7. The lowest BCUT2D eigenvalue weighted by atomic mass is 10.2. The van der Waals surface area contributed by atoms with Gasteiger partial charge in [0.1, 0.15) is 11.1 Å². The zero-order valence-electron chi connectivity index (χ0n) is 9.98. The molecule has 0 aliphatic carbocycles. The molecule has 20 heavy (non-hydrogen) atoms. The van der Waals surface area contributed by atoms with E-state index in [0.717, 1.165) is 12.1 Å². The minimum atomic E-state index is -0.827. The van der Waals surface area contributed by atoms with Crippen molar-refractivity contribution in [1.82, 2.24) is 0 Å². The van der Waals surface area contributed by atoms with Crippen LogP contribution in [0.2, 0.25) is 0 Å². The van der Waals surface area contributed by atoms with Gasteiger partial charge in [-0.1, -0.05) is 18.2 Å². The number of halogens is 3. The van der Waals surface area contributed by atoms with Gasteiger partial charge in [-0.2, -0.15) is 0 Å². The van der Waals surface area contributed by atoms with E-state index >= 15 is 0 Å². The summed E-state index contributed by atoms with van der Waals surface area (Å²) in [6.45, 7) is -0.194. The van der Waals surface area contributed by atoms with Gasteiger partial charge in [-0.05, 0) is 28.1 Å². The van der Waals surface area contributed by atoms with Crippen LogP contribution in [0, 0.1) is 21.7 Å². The Morgan fingerprint density at radius 3 is 2.35 bits per heavy atom. The highest BCUT2D eigenvalue weighted by molar-refractivity contribution is 9.10. The fraction of sp³-hybridized carbons (Fsp3) is 0.0769. The Bertz CT molecular complexity index is 644. The van der Waals surface area contributed by atoms with Gasteiger partial charge in [-0.25, -0.2) is 8.78 Å². The summed E-state index contributed by atoms with van der Waals surface area (Å²) in [7, 11) is 0. The second kappa shape index (κ2) is 5.96. The van der Waals surface area contributed by atoms with Gasteiger partial charge >= 0.3 is 0 Å². The number of para-hydroxylation sites is 1. The lowest BCUT2D eigenvalue weighted by Gasteiger charge is -2.09. The third kappa shape index (κ3) is 2.93. The molecule has 4 nitrogen and oxygen atoms in total. The number of hydrogen-bond donors (Lipinski definition) is 0. The first-order valence-electron chi connectivity index (χ1n) is 5.49. The molecule has 104 valence electrons. The molecule has 0 fully saturated rings. The van der Waals surface area contributed by atoms with E-state index < -0.39 is 22.3 Å². The summed E-state index contributed by atoms with van der Waals surface area (Å²) >= 11 is 3.08. The van der Waals surface area contributed by atoms with Crippen LogP contribution < -0.4 is 4.74 Å². The molecule has 0 unspecified atom stereocenters. The Kier molecular flexibility index (Phi) is 4.29. The van der Waals surface area contributed by atoms with Crippen LogP contribution in [0.25, 0.3) is 0 Å². The van der Waals surface area contributed by atoms with E-state index in [-0.39, 0.29) is 16.8 Å². The van der Waals surface area contributed by atoms with Gasteiger partial charge in [-0.3, -0.25) is 10.1 Å². The van der Waals surface area contributed by atoms with Gasteiger partial charge in [0.15, 0.2) is 17.4 Å². The molecule has 0 aliphatic rings. The van der Waals surface area contributed by atoms with Crippen LogP contribution in [0.15, 0.2) is 40.9 Å². The molecule has 0 aliphatic heterocycles. The van der Waals surface area contributed by atoms with Crippen molar-refractivity contribution >= 4 is 21.6 Å². The third-order valence-electron chi connectivity index (χ3n) is 2.55. The minimum absolute atomic E-state index is 0.139. The molecule has 0 saturated heterocycles. The summed E-state index contributed by atoms with van der Waals surface area (Å²) in [6, 6.07) is 7.72. The average Bonchev–Trinajstić information content (AvgIpc) is 2.39. The SMILES string of the molecule is O=[N+]([O-])c1cccc(COc2c(F)cccc2F)c1Br. The maximum atomic E-state index is 13.4. The summed E-state index contributed by atoms with van der Waals surface area (Å²) in [5.74, 6) is -2.16. The molecule has 0 amide bonds. The number of hydrogen-bond acceptors (Lipinski definition) is 3. The van der Waals surface area contributed by atoms with Gasteiger partial charge in [0.25, 0.3) is 5.69 Å². The lowest BCUT2D eigenvalue weighted by molar-refractivity contribution is -0.385. The largest absolute Gasteiger partial charge is 0.483 e. The second-order valence-electron chi connectivity index (χ2n) is 3.85. The molecule has 0 aromatic heterocycles. The molecule has 0 radical (unpaired) electrons. The molecular formula is C13H8BrF2NO3. The van der Waals surface area contributed by atoms with Crippen LogP contribution in [-0.2, 0) is 6.61 Å². The Morgan fingerprint density at radius 2 is 1.75 bits per heavy atom. The Hall–Kier alpha value is -2.02. The highest BCUT2D eigenvalue weighted by atomic mass is 79.9. The van der Waals surface area contributed by atoms with E-state index in [1.165, 1.54) is 18.2 Å². The first kappa shape index (κ1) is 14.4. The summed E-state index contributed by atoms with van der Waals surface area (Å²) in [5, 5.41) is 10.8. The fourth-order valence-electron chi connectivity index (χ4n) is 1.59. The number of nitro benzene ring substituents is 1. The van der Waals surface area contributed by atoms with Crippen LogP contribution in [0.3, 0.4) is 0 Å². The molecule has 0 bridgehead atoms. The van der Waals surface area contributed by atoms with Crippen molar-refractivity contribution in [2.75, 3.05) is 0 Å². The molecular weight excluding hydrogens is 336 g/mol. The van der Waals surface area contributed by atoms with Crippen LogP contribution in [0.5, 0.6) is 5.75 Å². The molecule has 2 aromatic rings. The Balaban J connectivity index is 2.24. The maximum absolute atomic E-state index is 13.4. The van der Waals surface area contributed by atoms with Crippen molar-refractivity contribution in [1.29, 1.82) is 0 Å². The minimum Gasteiger partial charge on any atom is -0.483 e. The average molecular weight is 344 g/mol. The van der Waals surface area contributed by atoms with Gasteiger partial charge in [-0.15, -0.1) is 0 Å². The molecule has 0 N–H and O–H groups in total. The monoisotopic (exact) mass is 343 g/mol. The van der Waals surface area contributed by atoms with E-state index in [2.05, 4.69) is 15.9 Å². The summed E-state index contributed by atoms with van der Waals surface area (Å²) in [6.07, 6.45) is 0.